The first-order valence-electron chi connectivity index (χ1n) is 24.9. The lowest BCUT2D eigenvalue weighted by Gasteiger charge is -2.41. The molecule has 2 aliphatic rings. The Bertz CT molecular complexity index is 3330. The molecular weight excluding hydrogens is 1220 g/mol. The van der Waals surface area contributed by atoms with Gasteiger partial charge in [-0.1, -0.05) is 118 Å². The third-order valence-corrected chi connectivity index (χ3v) is 13.2. The summed E-state index contributed by atoms with van der Waals surface area (Å²) in [7, 11) is 0.443. The number of benzene rings is 3. The molecule has 3 N–H and O–H groups in total. The van der Waals surface area contributed by atoms with Gasteiger partial charge in [0, 0.05) is 62.5 Å². The van der Waals surface area contributed by atoms with E-state index in [0.717, 1.165) is 19.6 Å². The van der Waals surface area contributed by atoms with Crippen LogP contribution in [0.2, 0.25) is 35.7 Å². The van der Waals surface area contributed by atoms with Crippen LogP contribution in [0, 0.1) is 36.0 Å². The maximum Gasteiger partial charge on any atom is 0.569 e. The zero-order chi connectivity index (χ0) is 61.9. The fourth-order valence-electron chi connectivity index (χ4n) is 7.32. The molecule has 2 atom stereocenters. The summed E-state index contributed by atoms with van der Waals surface area (Å²) >= 11 is 41.1. The van der Waals surface area contributed by atoms with E-state index in [0.29, 0.717) is 38.9 Å². The number of nitrogens with zero attached hydrogens (tertiary/aromatic N) is 8. The van der Waals surface area contributed by atoms with Crippen LogP contribution in [0.15, 0.2) is 91.0 Å². The molecule has 2 saturated heterocycles. The summed E-state index contributed by atoms with van der Waals surface area (Å²) in [5.41, 5.74) is 0.710. The van der Waals surface area contributed by atoms with Crippen molar-refractivity contribution in [3.63, 3.8) is 0 Å². The molecule has 27 heteroatoms. The van der Waals surface area contributed by atoms with Crippen LogP contribution in [0.4, 0.5) is 34.1 Å². The predicted octanol–water partition coefficient (Wildman–Crippen LogP) is 15.7. The molecule has 0 spiro atoms. The minimum atomic E-state index is -0.569. The third-order valence-electron chi connectivity index (χ3n) is 11.1. The first kappa shape index (κ1) is 69.2. The van der Waals surface area contributed by atoms with Gasteiger partial charge in [0.2, 0.25) is 11.4 Å². The number of nitrogens with one attached hydrogen (secondary N) is 2. The minimum Gasteiger partial charge on any atom is -0.535 e. The van der Waals surface area contributed by atoms with Gasteiger partial charge in [0.15, 0.2) is 5.82 Å². The maximum atomic E-state index is 14.2. The second-order valence-corrected chi connectivity index (χ2v) is 22.4. The van der Waals surface area contributed by atoms with Crippen molar-refractivity contribution in [2.75, 3.05) is 39.3 Å². The topological polar surface area (TPSA) is 175 Å². The van der Waals surface area contributed by atoms with Gasteiger partial charge in [-0.2, -0.15) is 0 Å². The van der Waals surface area contributed by atoms with Crippen molar-refractivity contribution >= 4 is 118 Å². The summed E-state index contributed by atoms with van der Waals surface area (Å²) in [5, 5.41) is 21.0. The molecule has 0 bridgehead atoms. The molecule has 2 fully saturated rings. The molecule has 8 rings (SSSR count). The van der Waals surface area contributed by atoms with Gasteiger partial charge in [-0.15, -0.1) is 0 Å². The van der Waals surface area contributed by atoms with Gasteiger partial charge in [0.25, 0.3) is 0 Å². The summed E-state index contributed by atoms with van der Waals surface area (Å²) in [6, 6.07) is 22.6. The average molecular weight is 1280 g/mol. The molecule has 2 aliphatic heterocycles. The Morgan fingerprint density at radius 1 is 0.651 bits per heavy atom. The van der Waals surface area contributed by atoms with Crippen molar-refractivity contribution < 1.29 is 41.9 Å². The van der Waals surface area contributed by atoms with Crippen LogP contribution in [0.1, 0.15) is 61.0 Å². The molecule has 0 saturated carbocycles. The van der Waals surface area contributed by atoms with Crippen LogP contribution >= 0.6 is 81.2 Å². The van der Waals surface area contributed by atoms with Crippen LogP contribution in [-0.4, -0.2) is 123 Å². The summed E-state index contributed by atoms with van der Waals surface area (Å²) in [4.78, 5) is 47.3. The highest BCUT2D eigenvalue weighted by atomic mass is 35.5. The quantitative estimate of drug-likeness (QED) is 0.0492. The van der Waals surface area contributed by atoms with Crippen molar-refractivity contribution in [2.24, 2.45) is 0 Å². The number of carbonyl (C=O) groups is 2. The van der Waals surface area contributed by atoms with Crippen molar-refractivity contribution in [3.05, 3.63) is 173 Å². The highest BCUT2D eigenvalue weighted by Gasteiger charge is 2.33. The number of carbonyl (C=O) groups excluding carboxylic acids is 2. The number of halogens is 10. The number of hydrogen-bond donors (Lipinski definition) is 3. The molecule has 439 valence electrons. The number of para-hydroxylation sites is 1. The predicted molar refractivity (Wildman–Crippen MR) is 322 cm³/mol. The molecule has 6 aromatic rings. The number of aromatic nitrogens is 3. The Labute approximate surface area is 516 Å². The number of amidine groups is 1. The van der Waals surface area contributed by atoms with Crippen molar-refractivity contribution in [3.8, 4) is 28.3 Å². The first-order valence-corrected chi connectivity index (χ1v) is 27.5. The highest BCUT2D eigenvalue weighted by molar-refractivity contribution is 6.42. The molecule has 3 aromatic carbocycles. The third kappa shape index (κ3) is 21.4. The second kappa shape index (κ2) is 32.1. The zero-order valence-corrected chi connectivity index (χ0v) is 51.3. The molecule has 83 heavy (non-hydrogen) atoms. The fourth-order valence-corrected chi connectivity index (χ4v) is 8.74. The van der Waals surface area contributed by atoms with E-state index in [9.17, 15) is 22.8 Å². The van der Waals surface area contributed by atoms with E-state index < -0.39 is 28.7 Å². The van der Waals surface area contributed by atoms with E-state index in [-0.39, 0.29) is 99.4 Å². The number of piperazine rings is 2. The Morgan fingerprint density at radius 3 is 1.58 bits per heavy atom. The van der Waals surface area contributed by atoms with Gasteiger partial charge in [-0.3, -0.25) is 5.41 Å². The van der Waals surface area contributed by atoms with Crippen molar-refractivity contribution in [1.82, 2.24) is 35.0 Å². The summed E-state index contributed by atoms with van der Waals surface area (Å²) in [6.07, 6.45) is -0.576. The van der Waals surface area contributed by atoms with Crippen molar-refractivity contribution in [2.45, 2.75) is 78.7 Å². The van der Waals surface area contributed by atoms with Gasteiger partial charge in [0.05, 0.1) is 45.2 Å². The molecule has 1 radical (unpaired) electrons. The molecule has 5 heterocycles. The van der Waals surface area contributed by atoms with Gasteiger partial charge in [-0.25, -0.2) is 47.4 Å². The minimum absolute atomic E-state index is 0.0163. The lowest BCUT2D eigenvalue weighted by molar-refractivity contribution is 0.0132. The molecule has 3 aromatic heterocycles. The van der Waals surface area contributed by atoms with Crippen LogP contribution < -0.4 is 9.97 Å². The molecule has 0 unspecified atom stereocenters. The first-order chi connectivity index (χ1) is 39.0. The Balaban J connectivity index is 0.000000241. The summed E-state index contributed by atoms with van der Waals surface area (Å²) in [5.74, 6) is -1.22. The number of rotatable bonds is 5. The van der Waals surface area contributed by atoms with E-state index >= 15 is 0 Å². The molecule has 2 amide bonds. The van der Waals surface area contributed by atoms with Gasteiger partial charge in [0.1, 0.15) is 55.0 Å². The Kier molecular flexibility index (Phi) is 26.8. The summed E-state index contributed by atoms with van der Waals surface area (Å²) < 4.78 is 55.4. The molecule has 16 nitrogen and oxygen atoms in total. The van der Waals surface area contributed by atoms with Gasteiger partial charge in [-0.05, 0) is 110 Å². The largest absolute Gasteiger partial charge is 0.569 e. The second-order valence-electron chi connectivity index (χ2n) is 19.8. The van der Waals surface area contributed by atoms with Gasteiger partial charge >= 0.3 is 19.9 Å². The maximum absolute atomic E-state index is 14.2. The lowest BCUT2D eigenvalue weighted by Crippen LogP contribution is -2.56. The van der Waals surface area contributed by atoms with Gasteiger partial charge < -0.3 is 39.2 Å². The fraction of sp³-hybridized carbons (Fsp3) is 0.321. The van der Waals surface area contributed by atoms with E-state index in [2.05, 4.69) is 41.5 Å². The number of hydrogen-bond acceptors (Lipinski definition) is 11. The lowest BCUT2D eigenvalue weighted by atomic mass is 10.1. The van der Waals surface area contributed by atoms with E-state index in [4.69, 9.17) is 114 Å². The van der Waals surface area contributed by atoms with Crippen LogP contribution in [0.5, 0.6) is 5.75 Å². The van der Waals surface area contributed by atoms with Crippen LogP contribution in [0.3, 0.4) is 0 Å². The number of ether oxygens (including phenoxy) is 2. The normalized spacial score (nSPS) is 14.6. The zero-order valence-electron chi connectivity index (χ0n) is 46.0. The highest BCUT2D eigenvalue weighted by Crippen LogP contribution is 2.36. The summed E-state index contributed by atoms with van der Waals surface area (Å²) in [6.45, 7) is 32.2. The van der Waals surface area contributed by atoms with Crippen LogP contribution in [0.25, 0.3) is 32.2 Å². The van der Waals surface area contributed by atoms with E-state index in [1.54, 1.807) is 58.3 Å². The van der Waals surface area contributed by atoms with Crippen molar-refractivity contribution in [1.29, 1.82) is 5.41 Å². The van der Waals surface area contributed by atoms with E-state index in [1.165, 1.54) is 42.5 Å². The Hall–Kier alpha value is -6.30. The average Bonchev–Trinajstić information content (AvgIpc) is 3.41. The monoisotopic (exact) mass is 1280 g/mol. The number of amides is 2. The molecular formula is C56H56BCl7F3N10O6. The number of pyridine rings is 3. The van der Waals surface area contributed by atoms with Crippen LogP contribution in [-0.2, 0) is 9.47 Å². The Morgan fingerprint density at radius 2 is 1.11 bits per heavy atom. The standard InChI is InChI=1S/C22H25Cl2FN4O2.C12H5Cl2FN2.C10H20N2O2.C6H5BFO2.C6HCl3N2/c1-13-12-28(21(30)31-22(2,3)4)9-10-29(13)20(26)15-11-16(23)18(27-19(15)24)14-7-5-6-8-17(14)25;1-16-10-6-8(13)11(17-12(10)14)7-4-2-3-5-9(7)15;1-8-7-12(6-5-11-8)9(13)14-10(2,3)4;8-5-3-1-2-4-6(5)10-7-9;1-10-4-2-3(7)5(8)11-6(4)9/h5-8,11,13,26H,9-10,12H2,1-4H3;2-6H;8,11H,5-7H2,1-4H3;1-4,9H;2H/t13-;;8-;;/m0.0../s1. The SMILES string of the molecule is C[C@H]1CN(C(=O)OC(C)(C)C)CCN1.C[C@H]1CN(C(=O)OC(C)(C)C)CCN1C(=N)c1cc(Cl)c(-c2ccccc2F)nc1Cl.O[B]Oc1ccccc1F.[C-]#[N+]c1cc(Cl)c(-c2ccccc2F)nc1Cl.[C-]#[N+]c1cc(Cl)c(Cl)nc1Cl. The smallest absolute Gasteiger partial charge is 0.535 e. The van der Waals surface area contributed by atoms with E-state index in [1.807, 2.05) is 53.4 Å². The molecule has 0 aliphatic carbocycles.